The van der Waals surface area contributed by atoms with Gasteiger partial charge in [-0.25, -0.2) is 4.98 Å². The molecule has 0 radical (unpaired) electrons. The molecular weight excluding hydrogens is 266 g/mol. The quantitative estimate of drug-likeness (QED) is 0.909. The van der Waals surface area contributed by atoms with Crippen LogP contribution in [0, 0.1) is 11.8 Å². The van der Waals surface area contributed by atoms with Gasteiger partial charge in [-0.1, -0.05) is 0 Å². The van der Waals surface area contributed by atoms with E-state index in [2.05, 4.69) is 17.2 Å². The molecule has 0 spiro atoms. The zero-order chi connectivity index (χ0) is 14.8. The number of amides is 1. The molecule has 0 saturated heterocycles. The number of carbonyl (C=O) groups is 1. The highest BCUT2D eigenvalue weighted by Crippen LogP contribution is 2.31. The highest BCUT2D eigenvalue weighted by atomic mass is 16.3. The Morgan fingerprint density at radius 2 is 2.14 bits per heavy atom. The molecule has 2 aromatic rings. The van der Waals surface area contributed by atoms with Crippen molar-refractivity contribution < 1.29 is 9.21 Å². The lowest BCUT2D eigenvalue weighted by Crippen LogP contribution is -2.33. The van der Waals surface area contributed by atoms with Crippen LogP contribution in [0.2, 0.25) is 0 Å². The summed E-state index contributed by atoms with van der Waals surface area (Å²) in [6, 6.07) is 3.86. The van der Waals surface area contributed by atoms with E-state index in [0.29, 0.717) is 11.6 Å². The lowest BCUT2D eigenvalue weighted by molar-refractivity contribution is -0.121. The molecule has 0 bridgehead atoms. The van der Waals surface area contributed by atoms with Crippen molar-refractivity contribution >= 4 is 22.7 Å². The Bertz CT molecular complexity index is 627. The molecule has 0 aromatic carbocycles. The van der Waals surface area contributed by atoms with Gasteiger partial charge in [-0.3, -0.25) is 4.79 Å². The minimum absolute atomic E-state index is 0.0788. The van der Waals surface area contributed by atoms with Gasteiger partial charge in [-0.15, -0.1) is 0 Å². The number of anilines is 1. The molecule has 1 aliphatic carbocycles. The summed E-state index contributed by atoms with van der Waals surface area (Å²) in [6.45, 7) is 2.05. The van der Waals surface area contributed by atoms with E-state index in [1.807, 2.05) is 12.1 Å². The minimum Gasteiger partial charge on any atom is -0.446 e. The summed E-state index contributed by atoms with van der Waals surface area (Å²) < 4.78 is 5.25. The highest BCUT2D eigenvalue weighted by Gasteiger charge is 2.28. The fourth-order valence-electron chi connectivity index (χ4n) is 3.13. The average molecular weight is 287 g/mol. The second-order valence-corrected chi connectivity index (χ2v) is 5.96. The number of hydrogen-bond acceptors (Lipinski definition) is 4. The molecule has 21 heavy (non-hydrogen) atoms. The van der Waals surface area contributed by atoms with Crippen LogP contribution in [0.5, 0.6) is 0 Å². The van der Waals surface area contributed by atoms with Crippen molar-refractivity contribution in [2.75, 3.05) is 5.32 Å². The molecule has 1 amide bonds. The van der Waals surface area contributed by atoms with Gasteiger partial charge in [-0.2, -0.15) is 0 Å². The van der Waals surface area contributed by atoms with E-state index in [9.17, 15) is 4.79 Å². The van der Waals surface area contributed by atoms with Gasteiger partial charge in [0, 0.05) is 18.2 Å². The van der Waals surface area contributed by atoms with E-state index in [-0.39, 0.29) is 17.9 Å². The van der Waals surface area contributed by atoms with Crippen LogP contribution in [0.1, 0.15) is 32.6 Å². The smallest absolute Gasteiger partial charge is 0.227 e. The fourth-order valence-corrected chi connectivity index (χ4v) is 3.13. The first-order valence-corrected chi connectivity index (χ1v) is 7.54. The molecule has 0 aliphatic heterocycles. The minimum atomic E-state index is 0.0788. The molecule has 112 valence electrons. The number of hydrogen-bond donors (Lipinski definition) is 2. The van der Waals surface area contributed by atoms with E-state index in [0.717, 1.165) is 36.8 Å². The Hall–Kier alpha value is -1.88. The maximum absolute atomic E-state index is 12.4. The van der Waals surface area contributed by atoms with Gasteiger partial charge in [0.15, 0.2) is 0 Å². The predicted molar refractivity (Wildman–Crippen MR) is 81.7 cm³/mol. The van der Waals surface area contributed by atoms with E-state index < -0.39 is 0 Å². The number of aromatic nitrogens is 1. The summed E-state index contributed by atoms with van der Waals surface area (Å²) in [6.07, 6.45) is 7.13. The second-order valence-electron chi connectivity index (χ2n) is 5.96. The summed E-state index contributed by atoms with van der Waals surface area (Å²) in [7, 11) is 0. The standard InChI is InChI=1S/C16H21N3O2/c1-10(17)11-2-4-12(5-3-11)15(20)19-14-6-8-18-16-13(14)7-9-21-16/h6-12H,2-5,17H2,1H3,(H,18,19,20). The zero-order valence-electron chi connectivity index (χ0n) is 12.2. The summed E-state index contributed by atoms with van der Waals surface area (Å²) >= 11 is 0. The van der Waals surface area contributed by atoms with Gasteiger partial charge in [0.1, 0.15) is 0 Å². The molecule has 1 saturated carbocycles. The Balaban J connectivity index is 1.66. The van der Waals surface area contributed by atoms with Crippen molar-refractivity contribution in [1.29, 1.82) is 0 Å². The highest BCUT2D eigenvalue weighted by molar-refractivity contribution is 6.00. The van der Waals surface area contributed by atoms with Gasteiger partial charge in [0.05, 0.1) is 17.3 Å². The first kappa shape index (κ1) is 14.1. The topological polar surface area (TPSA) is 81.2 Å². The van der Waals surface area contributed by atoms with Crippen molar-refractivity contribution in [3.8, 4) is 0 Å². The van der Waals surface area contributed by atoms with Crippen molar-refractivity contribution in [2.45, 2.75) is 38.6 Å². The maximum Gasteiger partial charge on any atom is 0.227 e. The number of rotatable bonds is 3. The van der Waals surface area contributed by atoms with Crippen LogP contribution in [0.3, 0.4) is 0 Å². The lowest BCUT2D eigenvalue weighted by atomic mass is 9.79. The number of pyridine rings is 1. The molecule has 3 rings (SSSR count). The van der Waals surface area contributed by atoms with Crippen LogP contribution < -0.4 is 11.1 Å². The first-order chi connectivity index (χ1) is 10.1. The number of fused-ring (bicyclic) bond motifs is 1. The SMILES string of the molecule is CC(N)C1CCC(C(=O)Nc2ccnc3occc23)CC1. The summed E-state index contributed by atoms with van der Waals surface area (Å²) in [5, 5.41) is 3.86. The van der Waals surface area contributed by atoms with Crippen LogP contribution in [0.15, 0.2) is 29.0 Å². The fraction of sp³-hybridized carbons (Fsp3) is 0.500. The van der Waals surface area contributed by atoms with Gasteiger partial charge in [-0.05, 0) is 50.7 Å². The van der Waals surface area contributed by atoms with E-state index in [1.54, 1.807) is 12.5 Å². The Labute approximate surface area is 123 Å². The number of furan rings is 1. The molecule has 3 N–H and O–H groups in total. The van der Waals surface area contributed by atoms with Crippen molar-refractivity contribution in [3.63, 3.8) is 0 Å². The lowest BCUT2D eigenvalue weighted by Gasteiger charge is -2.29. The van der Waals surface area contributed by atoms with Crippen LogP contribution in [0.25, 0.3) is 11.1 Å². The van der Waals surface area contributed by atoms with Crippen LogP contribution in [-0.4, -0.2) is 16.9 Å². The average Bonchev–Trinajstić information content (AvgIpc) is 2.97. The number of nitrogens with two attached hydrogens (primary N) is 1. The van der Waals surface area contributed by atoms with Gasteiger partial charge in [0.25, 0.3) is 0 Å². The second kappa shape index (κ2) is 5.85. The predicted octanol–water partition coefficient (Wildman–Crippen LogP) is 2.92. The van der Waals surface area contributed by atoms with Gasteiger partial charge >= 0.3 is 0 Å². The zero-order valence-corrected chi connectivity index (χ0v) is 12.2. The third kappa shape index (κ3) is 2.93. The largest absolute Gasteiger partial charge is 0.446 e. The van der Waals surface area contributed by atoms with Crippen LogP contribution in [-0.2, 0) is 4.79 Å². The molecule has 1 atom stereocenters. The molecule has 1 unspecified atom stereocenters. The molecule has 1 fully saturated rings. The van der Waals surface area contributed by atoms with Crippen LogP contribution >= 0.6 is 0 Å². The Morgan fingerprint density at radius 1 is 1.38 bits per heavy atom. The molecule has 5 heteroatoms. The molecule has 1 aliphatic rings. The van der Waals surface area contributed by atoms with E-state index in [1.165, 1.54) is 0 Å². The third-order valence-corrected chi connectivity index (χ3v) is 4.51. The Kier molecular flexibility index (Phi) is 3.92. The van der Waals surface area contributed by atoms with E-state index >= 15 is 0 Å². The third-order valence-electron chi connectivity index (χ3n) is 4.51. The Morgan fingerprint density at radius 3 is 2.86 bits per heavy atom. The van der Waals surface area contributed by atoms with Crippen LogP contribution in [0.4, 0.5) is 5.69 Å². The molecule has 5 nitrogen and oxygen atoms in total. The maximum atomic E-state index is 12.4. The number of carbonyl (C=O) groups excluding carboxylic acids is 1. The number of nitrogens with zero attached hydrogens (tertiary/aromatic N) is 1. The molecule has 2 aromatic heterocycles. The van der Waals surface area contributed by atoms with Gasteiger partial charge < -0.3 is 15.5 Å². The van der Waals surface area contributed by atoms with Crippen molar-refractivity contribution in [1.82, 2.24) is 4.98 Å². The van der Waals surface area contributed by atoms with Crippen molar-refractivity contribution in [2.24, 2.45) is 17.6 Å². The monoisotopic (exact) mass is 287 g/mol. The first-order valence-electron chi connectivity index (χ1n) is 7.54. The van der Waals surface area contributed by atoms with E-state index in [4.69, 9.17) is 10.2 Å². The molecule has 2 heterocycles. The van der Waals surface area contributed by atoms with Crippen molar-refractivity contribution in [3.05, 3.63) is 24.6 Å². The summed E-state index contributed by atoms with van der Waals surface area (Å²) in [5.74, 6) is 0.720. The summed E-state index contributed by atoms with van der Waals surface area (Å²) in [5.41, 5.74) is 7.27. The normalized spacial score (nSPS) is 23.9. The number of nitrogens with one attached hydrogen (secondary N) is 1. The van der Waals surface area contributed by atoms with Gasteiger partial charge in [0.2, 0.25) is 11.6 Å². The summed E-state index contributed by atoms with van der Waals surface area (Å²) in [4.78, 5) is 16.5. The molecular formula is C16H21N3O2.